The standard InChI is InChI=1S/C13H13F4N3O/c14-10-2-1-8(11(21)9(10)7-18)12(13(15,16)17)20-5-3-19-4-6-20/h1-2,12,19,21H,3-6H2/t12-/m1/s1. The number of phenols is 1. The first-order valence-corrected chi connectivity index (χ1v) is 6.29. The zero-order valence-electron chi connectivity index (χ0n) is 10.9. The van der Waals surface area contributed by atoms with E-state index in [-0.39, 0.29) is 13.1 Å². The number of rotatable bonds is 2. The third kappa shape index (κ3) is 3.09. The van der Waals surface area contributed by atoms with Crippen LogP contribution in [0.1, 0.15) is 17.2 Å². The normalized spacial score (nSPS) is 18.2. The summed E-state index contributed by atoms with van der Waals surface area (Å²) in [6, 6.07) is 0.980. The van der Waals surface area contributed by atoms with Gasteiger partial charge in [-0.3, -0.25) is 4.90 Å². The molecule has 1 aromatic rings. The largest absolute Gasteiger partial charge is 0.506 e. The van der Waals surface area contributed by atoms with Crippen LogP contribution in [0.5, 0.6) is 5.75 Å². The van der Waals surface area contributed by atoms with E-state index in [9.17, 15) is 22.7 Å². The van der Waals surface area contributed by atoms with Gasteiger partial charge < -0.3 is 10.4 Å². The maximum atomic E-state index is 13.4. The second-order valence-electron chi connectivity index (χ2n) is 4.70. The summed E-state index contributed by atoms with van der Waals surface area (Å²) >= 11 is 0. The molecule has 1 saturated heterocycles. The fourth-order valence-corrected chi connectivity index (χ4v) is 2.43. The van der Waals surface area contributed by atoms with Gasteiger partial charge in [0, 0.05) is 31.7 Å². The van der Waals surface area contributed by atoms with Crippen molar-refractivity contribution in [3.63, 3.8) is 0 Å². The van der Waals surface area contributed by atoms with Gasteiger partial charge in [-0.1, -0.05) is 6.07 Å². The number of nitrogens with zero attached hydrogens (tertiary/aromatic N) is 2. The third-order valence-electron chi connectivity index (χ3n) is 3.39. The number of halogens is 4. The second-order valence-corrected chi connectivity index (χ2v) is 4.70. The SMILES string of the molecule is N#Cc1c(F)ccc([C@@H](N2CCNCC2)C(F)(F)F)c1O. The summed E-state index contributed by atoms with van der Waals surface area (Å²) in [4.78, 5) is 1.16. The zero-order valence-corrected chi connectivity index (χ0v) is 10.9. The van der Waals surface area contributed by atoms with Crippen LogP contribution in [-0.4, -0.2) is 42.4 Å². The predicted molar refractivity (Wildman–Crippen MR) is 66.0 cm³/mol. The average molecular weight is 303 g/mol. The van der Waals surface area contributed by atoms with Crippen molar-refractivity contribution in [2.45, 2.75) is 12.2 Å². The molecule has 0 radical (unpaired) electrons. The molecule has 2 N–H and O–H groups in total. The van der Waals surface area contributed by atoms with Crippen molar-refractivity contribution in [3.05, 3.63) is 29.1 Å². The Kier molecular flexibility index (Phi) is 4.34. The van der Waals surface area contributed by atoms with E-state index in [4.69, 9.17) is 5.26 Å². The monoisotopic (exact) mass is 303 g/mol. The second kappa shape index (κ2) is 5.87. The van der Waals surface area contributed by atoms with Gasteiger partial charge >= 0.3 is 6.18 Å². The summed E-state index contributed by atoms with van der Waals surface area (Å²) < 4.78 is 53.4. The van der Waals surface area contributed by atoms with E-state index in [0.29, 0.717) is 13.1 Å². The van der Waals surface area contributed by atoms with Crippen LogP contribution in [0.3, 0.4) is 0 Å². The molecule has 2 rings (SSSR count). The number of nitrogens with one attached hydrogen (secondary N) is 1. The topological polar surface area (TPSA) is 59.3 Å². The summed E-state index contributed by atoms with van der Waals surface area (Å²) in [6.45, 7) is 1.06. The third-order valence-corrected chi connectivity index (χ3v) is 3.39. The van der Waals surface area contributed by atoms with Crippen LogP contribution in [0.2, 0.25) is 0 Å². The summed E-state index contributed by atoms with van der Waals surface area (Å²) in [5.74, 6) is -1.99. The molecule has 0 aromatic heterocycles. The highest BCUT2D eigenvalue weighted by atomic mass is 19.4. The predicted octanol–water partition coefficient (Wildman–Crippen LogP) is 1.91. The molecule has 0 bridgehead atoms. The lowest BCUT2D eigenvalue weighted by atomic mass is 9.99. The Morgan fingerprint density at radius 3 is 2.43 bits per heavy atom. The molecule has 1 heterocycles. The highest BCUT2D eigenvalue weighted by Crippen LogP contribution is 2.42. The Labute approximate surface area is 118 Å². The fourth-order valence-electron chi connectivity index (χ4n) is 2.43. The van der Waals surface area contributed by atoms with Crippen LogP contribution in [0.4, 0.5) is 17.6 Å². The molecule has 1 fully saturated rings. The molecule has 1 aromatic carbocycles. The summed E-state index contributed by atoms with van der Waals surface area (Å²) in [6.07, 6.45) is -4.64. The Morgan fingerprint density at radius 1 is 1.29 bits per heavy atom. The van der Waals surface area contributed by atoms with Crippen LogP contribution < -0.4 is 5.32 Å². The highest BCUT2D eigenvalue weighted by molar-refractivity contribution is 5.50. The van der Waals surface area contributed by atoms with E-state index in [1.165, 1.54) is 6.07 Å². The summed E-state index contributed by atoms with van der Waals surface area (Å²) in [7, 11) is 0. The number of hydrogen-bond donors (Lipinski definition) is 2. The molecule has 21 heavy (non-hydrogen) atoms. The molecule has 8 heteroatoms. The van der Waals surface area contributed by atoms with Gasteiger partial charge in [0.2, 0.25) is 0 Å². The molecule has 0 aliphatic carbocycles. The van der Waals surface area contributed by atoms with Gasteiger partial charge in [0.25, 0.3) is 0 Å². The van der Waals surface area contributed by atoms with Crippen LogP contribution >= 0.6 is 0 Å². The van der Waals surface area contributed by atoms with Crippen LogP contribution in [0.15, 0.2) is 12.1 Å². The lowest BCUT2D eigenvalue weighted by Gasteiger charge is -2.36. The van der Waals surface area contributed by atoms with Crippen molar-refractivity contribution in [2.75, 3.05) is 26.2 Å². The minimum atomic E-state index is -4.64. The van der Waals surface area contributed by atoms with Crippen molar-refractivity contribution >= 4 is 0 Å². The van der Waals surface area contributed by atoms with Gasteiger partial charge in [0.15, 0.2) is 0 Å². The number of aromatic hydroxyl groups is 1. The van der Waals surface area contributed by atoms with Gasteiger partial charge in [-0.05, 0) is 6.07 Å². The van der Waals surface area contributed by atoms with E-state index < -0.39 is 34.9 Å². The first-order chi connectivity index (χ1) is 9.86. The Morgan fingerprint density at radius 2 is 1.90 bits per heavy atom. The van der Waals surface area contributed by atoms with Gasteiger partial charge in [0.1, 0.15) is 29.2 Å². The first-order valence-electron chi connectivity index (χ1n) is 6.29. The van der Waals surface area contributed by atoms with Gasteiger partial charge in [0.05, 0.1) is 0 Å². The van der Waals surface area contributed by atoms with Crippen LogP contribution in [0.25, 0.3) is 0 Å². The molecular formula is C13H13F4N3O. The van der Waals surface area contributed by atoms with E-state index in [1.807, 2.05) is 0 Å². The maximum Gasteiger partial charge on any atom is 0.408 e. The average Bonchev–Trinajstić information content (AvgIpc) is 2.42. The van der Waals surface area contributed by atoms with Crippen molar-refractivity contribution < 1.29 is 22.7 Å². The Bertz CT molecular complexity index is 562. The Hall–Kier alpha value is -1.85. The quantitative estimate of drug-likeness (QED) is 0.820. The van der Waals surface area contributed by atoms with Gasteiger partial charge in [-0.2, -0.15) is 18.4 Å². The van der Waals surface area contributed by atoms with Crippen LogP contribution in [0, 0.1) is 17.1 Å². The number of alkyl halides is 3. The number of piperazine rings is 1. The van der Waals surface area contributed by atoms with Crippen molar-refractivity contribution in [3.8, 4) is 11.8 Å². The lowest BCUT2D eigenvalue weighted by molar-refractivity contribution is -0.188. The molecule has 114 valence electrons. The first kappa shape index (κ1) is 15.5. The minimum absolute atomic E-state index is 0.142. The minimum Gasteiger partial charge on any atom is -0.506 e. The van der Waals surface area contributed by atoms with E-state index in [1.54, 1.807) is 0 Å². The maximum absolute atomic E-state index is 13.4. The van der Waals surface area contributed by atoms with E-state index >= 15 is 0 Å². The lowest BCUT2D eigenvalue weighted by Crippen LogP contribution is -2.49. The number of nitriles is 1. The zero-order chi connectivity index (χ0) is 15.6. The van der Waals surface area contributed by atoms with Crippen molar-refractivity contribution in [1.29, 1.82) is 5.26 Å². The molecule has 0 amide bonds. The number of benzene rings is 1. The molecule has 1 aliphatic rings. The molecule has 1 atom stereocenters. The molecular weight excluding hydrogens is 290 g/mol. The van der Waals surface area contributed by atoms with E-state index in [0.717, 1.165) is 17.0 Å². The summed E-state index contributed by atoms with van der Waals surface area (Å²) in [5.41, 5.74) is -1.26. The smallest absolute Gasteiger partial charge is 0.408 e. The van der Waals surface area contributed by atoms with Crippen molar-refractivity contribution in [1.82, 2.24) is 10.2 Å². The van der Waals surface area contributed by atoms with Gasteiger partial charge in [-0.15, -0.1) is 0 Å². The Balaban J connectivity index is 2.50. The van der Waals surface area contributed by atoms with E-state index in [2.05, 4.69) is 5.32 Å². The molecule has 0 saturated carbocycles. The number of hydrogen-bond acceptors (Lipinski definition) is 4. The molecule has 4 nitrogen and oxygen atoms in total. The number of phenolic OH excluding ortho intramolecular Hbond substituents is 1. The fraction of sp³-hybridized carbons (Fsp3) is 0.462. The molecule has 1 aliphatic heterocycles. The summed E-state index contributed by atoms with van der Waals surface area (Å²) in [5, 5.41) is 21.5. The molecule has 0 spiro atoms. The highest BCUT2D eigenvalue weighted by Gasteiger charge is 2.46. The van der Waals surface area contributed by atoms with Crippen molar-refractivity contribution in [2.24, 2.45) is 0 Å². The van der Waals surface area contributed by atoms with Crippen LogP contribution in [-0.2, 0) is 0 Å². The van der Waals surface area contributed by atoms with Gasteiger partial charge in [-0.25, -0.2) is 4.39 Å². The molecule has 0 unspecified atom stereocenters.